The third-order valence-electron chi connectivity index (χ3n) is 7.81. The highest BCUT2D eigenvalue weighted by Crippen LogP contribution is 2.37. The van der Waals surface area contributed by atoms with Crippen LogP contribution in [-0.2, 0) is 14.7 Å². The lowest BCUT2D eigenvalue weighted by molar-refractivity contribution is 0.00578. The molecule has 4 heteroatoms. The minimum absolute atomic E-state index is 0.00152. The molecule has 0 unspecified atom stereocenters. The average Bonchev–Trinajstić information content (AvgIpc) is 3.17. The highest BCUT2D eigenvalue weighted by atomic mass is 16.7. The lowest BCUT2D eigenvalue weighted by Crippen LogP contribution is -2.41. The highest BCUT2D eigenvalue weighted by Gasteiger charge is 2.51. The van der Waals surface area contributed by atoms with Gasteiger partial charge in [0.15, 0.2) is 0 Å². The summed E-state index contributed by atoms with van der Waals surface area (Å²) in [5.41, 5.74) is 2.69. The number of aryl methyl sites for hydroxylation is 2. The molecule has 0 bridgehead atoms. The van der Waals surface area contributed by atoms with Crippen molar-refractivity contribution in [3.05, 3.63) is 95.6 Å². The Morgan fingerprint density at radius 3 is 2.08 bits per heavy atom. The summed E-state index contributed by atoms with van der Waals surface area (Å²) in [7, 11) is -0.855. The number of pyridine rings is 1. The maximum absolute atomic E-state index is 9.16. The van der Waals surface area contributed by atoms with Crippen LogP contribution in [0.2, 0.25) is 0 Å². The molecule has 0 amide bonds. The Balaban J connectivity index is 1.58. The van der Waals surface area contributed by atoms with E-state index >= 15 is 0 Å². The quantitative estimate of drug-likeness (QED) is 0.251. The first-order valence-corrected chi connectivity index (χ1v) is 13.2. The van der Waals surface area contributed by atoms with Gasteiger partial charge in [0, 0.05) is 20.0 Å². The number of hydrogen-bond donors (Lipinski definition) is 0. The Morgan fingerprint density at radius 1 is 0.769 bits per heavy atom. The zero-order valence-corrected chi connectivity index (χ0v) is 23.7. The molecule has 1 aliphatic rings. The zero-order valence-electron chi connectivity index (χ0n) is 31.7. The van der Waals surface area contributed by atoms with Crippen LogP contribution in [0.3, 0.4) is 0 Å². The molecule has 5 rings (SSSR count). The van der Waals surface area contributed by atoms with Gasteiger partial charge >= 0.3 is 7.12 Å². The summed E-state index contributed by atoms with van der Waals surface area (Å²) in [5, 5.41) is 0. The van der Waals surface area contributed by atoms with E-state index in [0.717, 1.165) is 16.7 Å². The first-order chi connectivity index (χ1) is 21.5. The molecule has 0 radical (unpaired) electrons. The SMILES string of the molecule is [2H]c1cc(C(C)(C)C)cc(C([2H])([2H])[2H])c1-c1ccc(-c2ccnc(-c3c(C([2H])([2H])[2H])ccc(B4OC(C)(C)C(C)(C)O4)c3[2H])c2)cc1. The minimum atomic E-state index is -2.50. The Kier molecular flexibility index (Phi) is 4.75. The zero-order chi connectivity index (χ0) is 34.9. The fourth-order valence-corrected chi connectivity index (χ4v) is 4.56. The predicted molar refractivity (Wildman–Crippen MR) is 164 cm³/mol. The summed E-state index contributed by atoms with van der Waals surface area (Å²) in [6.07, 6.45) is 1.57. The van der Waals surface area contributed by atoms with Crippen molar-refractivity contribution in [2.75, 3.05) is 0 Å². The molecule has 2 heterocycles. The van der Waals surface area contributed by atoms with E-state index in [1.165, 1.54) is 6.07 Å². The van der Waals surface area contributed by atoms with Crippen LogP contribution in [0.4, 0.5) is 0 Å². The molecule has 1 fully saturated rings. The number of benzene rings is 3. The van der Waals surface area contributed by atoms with Crippen LogP contribution >= 0.6 is 0 Å². The van der Waals surface area contributed by atoms with Gasteiger partial charge in [-0.05, 0) is 103 Å². The van der Waals surface area contributed by atoms with Crippen LogP contribution in [0, 0.1) is 13.7 Å². The normalized spacial score (nSPS) is 20.1. The van der Waals surface area contributed by atoms with E-state index in [4.69, 9.17) is 20.3 Å². The van der Waals surface area contributed by atoms with E-state index in [9.17, 15) is 0 Å². The lowest BCUT2D eigenvalue weighted by Gasteiger charge is -2.32. The first-order valence-electron chi connectivity index (χ1n) is 17.2. The molecular weight excluding hydrogens is 477 g/mol. The van der Waals surface area contributed by atoms with Crippen LogP contribution in [0.1, 0.15) is 76.1 Å². The van der Waals surface area contributed by atoms with Crippen molar-refractivity contribution in [2.24, 2.45) is 0 Å². The van der Waals surface area contributed by atoms with E-state index in [2.05, 4.69) is 4.98 Å². The van der Waals surface area contributed by atoms with Gasteiger partial charge in [-0.3, -0.25) is 4.98 Å². The molecule has 0 spiro atoms. The van der Waals surface area contributed by atoms with E-state index in [1.54, 1.807) is 48.7 Å². The molecule has 3 nitrogen and oxygen atoms in total. The standard InChI is InChI=1S/C35H40BNO2/c1-23-10-16-29(36-38-34(6,7)35(8,9)39-36)22-31(23)32-21-27(18-19-37-32)25-11-13-26(14-12-25)30-17-15-28(20-24(30)2)33(3,4)5/h10-22H,1-9H3/i1D3,2D3,17D,22D. The molecule has 200 valence electrons. The molecule has 0 N–H and O–H groups in total. The van der Waals surface area contributed by atoms with Crippen LogP contribution in [0.25, 0.3) is 33.5 Å². The maximum Gasteiger partial charge on any atom is 0.494 e. The third-order valence-corrected chi connectivity index (χ3v) is 7.81. The summed E-state index contributed by atoms with van der Waals surface area (Å²) in [6.45, 7) is 8.72. The average molecular weight is 526 g/mol. The number of nitrogens with zero attached hydrogens (tertiary/aromatic N) is 1. The highest BCUT2D eigenvalue weighted by molar-refractivity contribution is 6.62. The molecule has 4 aromatic rings. The van der Waals surface area contributed by atoms with Crippen LogP contribution in [0.15, 0.2) is 78.9 Å². The molecule has 1 aromatic heterocycles. The van der Waals surface area contributed by atoms with Crippen LogP contribution in [-0.4, -0.2) is 23.3 Å². The van der Waals surface area contributed by atoms with Gasteiger partial charge in [-0.25, -0.2) is 0 Å². The van der Waals surface area contributed by atoms with Crippen molar-refractivity contribution in [3.63, 3.8) is 0 Å². The van der Waals surface area contributed by atoms with Crippen molar-refractivity contribution in [2.45, 2.75) is 78.8 Å². The monoisotopic (exact) mass is 525 g/mol. The minimum Gasteiger partial charge on any atom is -0.399 e. The van der Waals surface area contributed by atoms with Crippen molar-refractivity contribution >= 4 is 12.6 Å². The Bertz CT molecular complexity index is 1810. The largest absolute Gasteiger partial charge is 0.494 e. The van der Waals surface area contributed by atoms with Crippen molar-refractivity contribution < 1.29 is 20.3 Å². The summed E-state index contributed by atoms with van der Waals surface area (Å²) >= 11 is 0. The van der Waals surface area contributed by atoms with E-state index in [-0.39, 0.29) is 34.2 Å². The smallest absolute Gasteiger partial charge is 0.399 e. The molecule has 0 aliphatic carbocycles. The number of rotatable bonds is 4. The summed E-state index contributed by atoms with van der Waals surface area (Å²) < 4.78 is 79.6. The molecule has 1 aliphatic heterocycles. The predicted octanol–water partition coefficient (Wildman–Crippen LogP) is 8.30. The van der Waals surface area contributed by atoms with Crippen LogP contribution in [0.5, 0.6) is 0 Å². The van der Waals surface area contributed by atoms with Crippen molar-refractivity contribution in [1.82, 2.24) is 4.98 Å². The van der Waals surface area contributed by atoms with Gasteiger partial charge in [-0.1, -0.05) is 81.4 Å². The van der Waals surface area contributed by atoms with Crippen molar-refractivity contribution in [3.8, 4) is 33.5 Å². The molecule has 0 saturated carbocycles. The van der Waals surface area contributed by atoms with E-state index < -0.39 is 32.0 Å². The molecular formula is C35H40BNO2. The topological polar surface area (TPSA) is 31.4 Å². The second-order valence-corrected chi connectivity index (χ2v) is 12.2. The van der Waals surface area contributed by atoms with E-state index in [0.29, 0.717) is 22.3 Å². The molecule has 3 aromatic carbocycles. The maximum atomic E-state index is 9.16. The first kappa shape index (κ1) is 19.0. The van der Waals surface area contributed by atoms with Gasteiger partial charge < -0.3 is 9.31 Å². The molecule has 39 heavy (non-hydrogen) atoms. The van der Waals surface area contributed by atoms with Gasteiger partial charge in [0.25, 0.3) is 0 Å². The Morgan fingerprint density at radius 2 is 1.44 bits per heavy atom. The van der Waals surface area contributed by atoms with Gasteiger partial charge in [-0.15, -0.1) is 0 Å². The second kappa shape index (κ2) is 9.76. The second-order valence-electron chi connectivity index (χ2n) is 12.2. The van der Waals surface area contributed by atoms with Crippen molar-refractivity contribution in [1.29, 1.82) is 0 Å². The molecule has 1 saturated heterocycles. The van der Waals surface area contributed by atoms with Gasteiger partial charge in [-0.2, -0.15) is 0 Å². The summed E-state index contributed by atoms with van der Waals surface area (Å²) in [6, 6.07) is 17.4. The fourth-order valence-electron chi connectivity index (χ4n) is 4.56. The fraction of sp³-hybridized carbons (Fsp3) is 0.343. The van der Waals surface area contributed by atoms with Gasteiger partial charge in [0.05, 0.1) is 19.6 Å². The number of hydrogen-bond acceptors (Lipinski definition) is 3. The third kappa shape index (κ3) is 5.33. The summed E-state index contributed by atoms with van der Waals surface area (Å²) in [5.74, 6) is 0. The molecule has 0 atom stereocenters. The Labute approximate surface area is 246 Å². The van der Waals surface area contributed by atoms with E-state index in [1.807, 2.05) is 60.6 Å². The van der Waals surface area contributed by atoms with Gasteiger partial charge in [0.2, 0.25) is 0 Å². The van der Waals surface area contributed by atoms with Gasteiger partial charge in [0.1, 0.15) is 0 Å². The lowest BCUT2D eigenvalue weighted by atomic mass is 9.77. The Hall–Kier alpha value is -3.21. The summed E-state index contributed by atoms with van der Waals surface area (Å²) in [4.78, 5) is 4.50. The number of aromatic nitrogens is 1. The van der Waals surface area contributed by atoms with Crippen LogP contribution < -0.4 is 5.46 Å².